The Morgan fingerprint density at radius 2 is 2.03 bits per heavy atom. The molecule has 34 heavy (non-hydrogen) atoms. The fraction of sp³-hybridized carbons (Fsp3) is 0.269. The third-order valence-corrected chi connectivity index (χ3v) is 5.93. The van der Waals surface area contributed by atoms with E-state index in [-0.39, 0.29) is 30.2 Å². The molecule has 1 amide bonds. The third-order valence-electron chi connectivity index (χ3n) is 5.93. The molecular formula is C26H27N3O5. The highest BCUT2D eigenvalue weighted by molar-refractivity contribution is 6.46. The van der Waals surface area contributed by atoms with Crippen LogP contribution >= 0.6 is 0 Å². The summed E-state index contributed by atoms with van der Waals surface area (Å²) in [5.41, 5.74) is 3.16. The quantitative estimate of drug-likeness (QED) is 0.239. The molecule has 4 rings (SSSR count). The average Bonchev–Trinajstić information content (AvgIpc) is 3.31. The van der Waals surface area contributed by atoms with Crippen molar-refractivity contribution in [3.8, 4) is 5.75 Å². The van der Waals surface area contributed by atoms with Crippen molar-refractivity contribution in [1.82, 2.24) is 14.3 Å². The number of aliphatic hydroxyl groups is 1. The Bertz CT molecular complexity index is 1310. The van der Waals surface area contributed by atoms with Crippen LogP contribution in [0.5, 0.6) is 5.75 Å². The van der Waals surface area contributed by atoms with Crippen molar-refractivity contribution in [2.24, 2.45) is 0 Å². The van der Waals surface area contributed by atoms with Gasteiger partial charge in [-0.25, -0.2) is 4.98 Å². The molecular weight excluding hydrogens is 434 g/mol. The Morgan fingerprint density at radius 3 is 2.74 bits per heavy atom. The number of ketones is 1. The first-order valence-electron chi connectivity index (χ1n) is 10.9. The number of hydrogen-bond acceptors (Lipinski definition) is 6. The van der Waals surface area contributed by atoms with Crippen LogP contribution < -0.4 is 4.74 Å². The number of likely N-dealkylation sites (tertiary alicyclic amines) is 1. The van der Waals surface area contributed by atoms with Crippen molar-refractivity contribution >= 4 is 23.1 Å². The van der Waals surface area contributed by atoms with Gasteiger partial charge in [-0.3, -0.25) is 9.59 Å². The second kappa shape index (κ2) is 9.52. The Labute approximate surface area is 197 Å². The number of benzene rings is 1. The zero-order valence-corrected chi connectivity index (χ0v) is 19.4. The minimum Gasteiger partial charge on any atom is -0.505 e. The van der Waals surface area contributed by atoms with Crippen molar-refractivity contribution in [3.05, 3.63) is 83.3 Å². The highest BCUT2D eigenvalue weighted by Gasteiger charge is 2.46. The van der Waals surface area contributed by atoms with E-state index in [0.717, 1.165) is 5.56 Å². The number of fused-ring (bicyclic) bond motifs is 1. The molecule has 8 nitrogen and oxygen atoms in total. The second-order valence-electron chi connectivity index (χ2n) is 8.09. The largest absolute Gasteiger partial charge is 0.505 e. The van der Waals surface area contributed by atoms with Crippen LogP contribution in [0.4, 0.5) is 0 Å². The van der Waals surface area contributed by atoms with Gasteiger partial charge in [0.05, 0.1) is 23.9 Å². The average molecular weight is 462 g/mol. The van der Waals surface area contributed by atoms with Gasteiger partial charge in [0.25, 0.3) is 11.7 Å². The predicted molar refractivity (Wildman–Crippen MR) is 128 cm³/mol. The topological polar surface area (TPSA) is 93.4 Å². The summed E-state index contributed by atoms with van der Waals surface area (Å²) in [4.78, 5) is 32.2. The molecule has 3 aromatic rings. The van der Waals surface area contributed by atoms with Crippen molar-refractivity contribution < 1.29 is 24.2 Å². The van der Waals surface area contributed by atoms with E-state index in [1.165, 1.54) is 12.0 Å². The summed E-state index contributed by atoms with van der Waals surface area (Å²) in [6.45, 7) is 8.13. The van der Waals surface area contributed by atoms with Crippen LogP contribution in [-0.2, 0) is 14.3 Å². The van der Waals surface area contributed by atoms with E-state index in [1.54, 1.807) is 30.3 Å². The summed E-state index contributed by atoms with van der Waals surface area (Å²) in [5.74, 6) is -1.20. The minimum absolute atomic E-state index is 0.00821. The van der Waals surface area contributed by atoms with Gasteiger partial charge >= 0.3 is 0 Å². The van der Waals surface area contributed by atoms with E-state index in [2.05, 4.69) is 11.6 Å². The number of nitrogens with zero attached hydrogens (tertiary/aromatic N) is 3. The first-order valence-corrected chi connectivity index (χ1v) is 10.9. The first kappa shape index (κ1) is 23.3. The Kier molecular flexibility index (Phi) is 6.51. The molecule has 1 N–H and O–H groups in total. The molecule has 0 saturated carbocycles. The summed E-state index contributed by atoms with van der Waals surface area (Å²) >= 11 is 0. The molecule has 3 heterocycles. The molecule has 0 bridgehead atoms. The smallest absolute Gasteiger partial charge is 0.295 e. The van der Waals surface area contributed by atoms with Gasteiger partial charge < -0.3 is 23.9 Å². The van der Waals surface area contributed by atoms with Crippen LogP contribution in [0.15, 0.2) is 60.8 Å². The molecule has 1 atom stereocenters. The van der Waals surface area contributed by atoms with Gasteiger partial charge in [-0.05, 0) is 43.2 Å². The van der Waals surface area contributed by atoms with E-state index < -0.39 is 17.7 Å². The first-order chi connectivity index (χ1) is 16.4. The number of rotatable bonds is 8. The van der Waals surface area contributed by atoms with Crippen LogP contribution in [0.3, 0.4) is 0 Å². The monoisotopic (exact) mass is 461 g/mol. The van der Waals surface area contributed by atoms with Gasteiger partial charge in [0, 0.05) is 19.9 Å². The normalized spacial score (nSPS) is 17.5. The number of methoxy groups -OCH3 is 1. The zero-order chi connectivity index (χ0) is 24.4. The zero-order valence-electron chi connectivity index (χ0n) is 19.4. The minimum atomic E-state index is -0.812. The van der Waals surface area contributed by atoms with Crippen LogP contribution in [0, 0.1) is 13.8 Å². The molecule has 1 fully saturated rings. The van der Waals surface area contributed by atoms with Gasteiger partial charge in [0.1, 0.15) is 23.7 Å². The van der Waals surface area contributed by atoms with Crippen LogP contribution in [0.2, 0.25) is 0 Å². The highest BCUT2D eigenvalue weighted by atomic mass is 16.5. The molecule has 1 aliphatic rings. The molecule has 1 aliphatic heterocycles. The van der Waals surface area contributed by atoms with Crippen LogP contribution in [-0.4, -0.2) is 57.9 Å². The van der Waals surface area contributed by atoms with E-state index in [4.69, 9.17) is 9.47 Å². The number of amides is 1. The Balaban J connectivity index is 1.90. The van der Waals surface area contributed by atoms with Crippen molar-refractivity contribution in [1.29, 1.82) is 0 Å². The molecule has 1 aromatic carbocycles. The number of Topliss-reactive ketones (excluding diaryl/α,β-unsaturated/α-hetero) is 1. The van der Waals surface area contributed by atoms with Crippen LogP contribution in [0.1, 0.15) is 28.6 Å². The van der Waals surface area contributed by atoms with Gasteiger partial charge in [0.2, 0.25) is 0 Å². The standard InChI is InChI=1S/C26H27N3O5/c1-5-13-34-19-10-6-9-18(15-19)22-20(24(31)26(32)29(22)12-14-33-4)23(30)21-17(3)28-11-7-8-16(2)25(28)27-21/h5-11,15,22,30H,1,12-14H2,2-4H3/b23-20+. The number of ether oxygens (including phenoxy) is 2. The maximum absolute atomic E-state index is 13.2. The number of carbonyl (C=O) groups excluding carboxylic acids is 2. The van der Waals surface area contributed by atoms with Gasteiger partial charge in [-0.15, -0.1) is 0 Å². The highest BCUT2D eigenvalue weighted by Crippen LogP contribution is 2.40. The molecule has 176 valence electrons. The molecule has 0 radical (unpaired) electrons. The Morgan fingerprint density at radius 1 is 1.24 bits per heavy atom. The molecule has 8 heteroatoms. The summed E-state index contributed by atoms with van der Waals surface area (Å²) in [5, 5.41) is 11.4. The predicted octanol–water partition coefficient (Wildman–Crippen LogP) is 3.58. The van der Waals surface area contributed by atoms with Crippen LogP contribution in [0.25, 0.3) is 11.4 Å². The van der Waals surface area contributed by atoms with E-state index in [9.17, 15) is 14.7 Å². The second-order valence-corrected chi connectivity index (χ2v) is 8.09. The lowest BCUT2D eigenvalue weighted by Gasteiger charge is -2.25. The summed E-state index contributed by atoms with van der Waals surface area (Å²) in [7, 11) is 1.53. The van der Waals surface area contributed by atoms with Crippen molar-refractivity contribution in [3.63, 3.8) is 0 Å². The summed E-state index contributed by atoms with van der Waals surface area (Å²) in [6.07, 6.45) is 3.47. The SMILES string of the molecule is C=CCOc1cccc(C2/C(=C(\O)c3nc4c(C)cccn4c3C)C(=O)C(=O)N2CCOC)c1. The molecule has 0 spiro atoms. The number of aryl methyl sites for hydroxylation is 2. The number of hydrogen-bond donors (Lipinski definition) is 1. The number of pyridine rings is 1. The number of imidazole rings is 1. The fourth-order valence-electron chi connectivity index (χ4n) is 4.25. The Hall–Kier alpha value is -3.91. The van der Waals surface area contributed by atoms with E-state index >= 15 is 0 Å². The molecule has 1 unspecified atom stereocenters. The van der Waals surface area contributed by atoms with Crippen molar-refractivity contribution in [2.75, 3.05) is 26.9 Å². The lowest BCUT2D eigenvalue weighted by atomic mass is 9.96. The van der Waals surface area contributed by atoms with E-state index in [0.29, 0.717) is 29.3 Å². The molecule has 2 aromatic heterocycles. The lowest BCUT2D eigenvalue weighted by Crippen LogP contribution is -2.32. The maximum Gasteiger partial charge on any atom is 0.295 e. The number of aromatic nitrogens is 2. The molecule has 0 aliphatic carbocycles. The van der Waals surface area contributed by atoms with Crippen molar-refractivity contribution in [2.45, 2.75) is 19.9 Å². The lowest BCUT2D eigenvalue weighted by molar-refractivity contribution is -0.140. The number of carbonyl (C=O) groups is 2. The summed E-state index contributed by atoms with van der Waals surface area (Å²) < 4.78 is 12.7. The van der Waals surface area contributed by atoms with Gasteiger partial charge in [-0.2, -0.15) is 0 Å². The fourth-order valence-corrected chi connectivity index (χ4v) is 4.25. The number of aliphatic hydroxyl groups excluding tert-OH is 1. The third kappa shape index (κ3) is 3.97. The maximum atomic E-state index is 13.2. The van der Waals surface area contributed by atoms with Gasteiger partial charge in [-0.1, -0.05) is 30.9 Å². The summed E-state index contributed by atoms with van der Waals surface area (Å²) in [6, 6.07) is 10.1. The molecule has 1 saturated heterocycles. The van der Waals surface area contributed by atoms with Gasteiger partial charge in [0.15, 0.2) is 5.76 Å². The van der Waals surface area contributed by atoms with E-state index in [1.807, 2.05) is 36.6 Å².